The van der Waals surface area contributed by atoms with E-state index in [2.05, 4.69) is 43.0 Å². The molecule has 5 heteroatoms. The van der Waals surface area contributed by atoms with Crippen LogP contribution in [-0.4, -0.2) is 0 Å². The Bertz CT molecular complexity index is 384. The highest BCUT2D eigenvalue weighted by Crippen LogP contribution is 2.28. The average Bonchev–Trinajstić information content (AvgIpc) is 2.12. The fourth-order valence-corrected chi connectivity index (χ4v) is 1.93. The lowest BCUT2D eigenvalue weighted by atomic mass is 10.2. The standard InChI is InChI=1S/C8H2Br2FIS/c9-6-1-2-7(11)5(8(6)10)3-4-13-12/h1-2H. The maximum absolute atomic E-state index is 13.2. The number of halogens is 4. The minimum atomic E-state index is -0.312. The van der Waals surface area contributed by atoms with Crippen molar-refractivity contribution >= 4 is 62.0 Å². The summed E-state index contributed by atoms with van der Waals surface area (Å²) in [6.45, 7) is 0. The van der Waals surface area contributed by atoms with E-state index in [0.29, 0.717) is 10.0 Å². The van der Waals surface area contributed by atoms with Gasteiger partial charge in [-0.2, -0.15) is 0 Å². The van der Waals surface area contributed by atoms with Crippen molar-refractivity contribution in [1.29, 1.82) is 0 Å². The fraction of sp³-hybridized carbons (Fsp3) is 0. The molecule has 1 aromatic carbocycles. The van der Waals surface area contributed by atoms with Gasteiger partial charge in [0.2, 0.25) is 0 Å². The molecule has 0 bridgehead atoms. The van der Waals surface area contributed by atoms with Crippen molar-refractivity contribution in [2.75, 3.05) is 0 Å². The van der Waals surface area contributed by atoms with Gasteiger partial charge in [-0.3, -0.25) is 0 Å². The third kappa shape index (κ3) is 3.11. The molecule has 0 aliphatic heterocycles. The first-order valence-electron chi connectivity index (χ1n) is 3.09. The molecule has 0 amide bonds. The van der Waals surface area contributed by atoms with E-state index in [1.165, 1.54) is 15.0 Å². The third-order valence-corrected chi connectivity index (χ3v) is 4.11. The highest BCUT2D eigenvalue weighted by atomic mass is 127. The highest BCUT2D eigenvalue weighted by molar-refractivity contribution is 14.2. The van der Waals surface area contributed by atoms with Crippen LogP contribution in [0.5, 0.6) is 0 Å². The third-order valence-electron chi connectivity index (χ3n) is 1.26. The Labute approximate surface area is 109 Å². The number of rotatable bonds is 0. The lowest BCUT2D eigenvalue weighted by Gasteiger charge is -2.00. The van der Waals surface area contributed by atoms with E-state index in [1.54, 1.807) is 6.07 Å². The van der Waals surface area contributed by atoms with Crippen molar-refractivity contribution in [3.8, 4) is 11.2 Å². The summed E-state index contributed by atoms with van der Waals surface area (Å²) in [5, 5.41) is 2.74. The van der Waals surface area contributed by atoms with Crippen LogP contribution in [0.2, 0.25) is 0 Å². The molecule has 0 N–H and O–H groups in total. The van der Waals surface area contributed by atoms with E-state index >= 15 is 0 Å². The van der Waals surface area contributed by atoms with Gasteiger partial charge < -0.3 is 0 Å². The number of benzene rings is 1. The Hall–Kier alpha value is 0.750. The molecule has 0 aromatic heterocycles. The number of hydrogen-bond donors (Lipinski definition) is 0. The topological polar surface area (TPSA) is 0 Å². The summed E-state index contributed by atoms with van der Waals surface area (Å²) in [5.74, 6) is 2.41. The lowest BCUT2D eigenvalue weighted by molar-refractivity contribution is 0.623. The molecule has 0 aliphatic carbocycles. The second kappa shape index (κ2) is 5.59. The number of hydrogen-bond acceptors (Lipinski definition) is 1. The Morgan fingerprint density at radius 3 is 2.69 bits per heavy atom. The highest BCUT2D eigenvalue weighted by Gasteiger charge is 2.07. The first-order valence-corrected chi connectivity index (χ1v) is 8.03. The van der Waals surface area contributed by atoms with Crippen LogP contribution in [0.15, 0.2) is 21.1 Å². The average molecular weight is 436 g/mol. The molecule has 0 atom stereocenters. The smallest absolute Gasteiger partial charge is 0.140 e. The molecule has 0 fully saturated rings. The summed E-state index contributed by atoms with van der Waals surface area (Å²) in [6.07, 6.45) is 0. The van der Waals surface area contributed by atoms with Crippen molar-refractivity contribution in [2.45, 2.75) is 0 Å². The summed E-state index contributed by atoms with van der Waals surface area (Å²) < 4.78 is 14.6. The zero-order valence-electron chi connectivity index (χ0n) is 6.07. The van der Waals surface area contributed by atoms with Gasteiger partial charge >= 0.3 is 0 Å². The molecular weight excluding hydrogens is 434 g/mol. The second-order valence-corrected chi connectivity index (χ2v) is 5.35. The monoisotopic (exact) mass is 434 g/mol. The molecule has 0 saturated carbocycles. The summed E-state index contributed by atoms with van der Waals surface area (Å²) in [6, 6.07) is 3.03. The Kier molecular flexibility index (Phi) is 5.08. The van der Waals surface area contributed by atoms with Gasteiger partial charge in [-0.25, -0.2) is 4.39 Å². The Balaban J connectivity index is 3.25. The minimum absolute atomic E-state index is 0.312. The van der Waals surface area contributed by atoms with Crippen molar-refractivity contribution in [3.63, 3.8) is 0 Å². The van der Waals surface area contributed by atoms with Gasteiger partial charge in [0.05, 0.1) is 10.0 Å². The molecule has 0 heterocycles. The molecular formula is C8H2Br2FIS. The van der Waals surface area contributed by atoms with Crippen LogP contribution < -0.4 is 0 Å². The molecule has 0 nitrogen and oxygen atoms in total. The van der Waals surface area contributed by atoms with Gasteiger partial charge in [0.15, 0.2) is 0 Å². The minimum Gasteiger partial charge on any atom is -0.206 e. The van der Waals surface area contributed by atoms with Crippen LogP contribution >= 0.6 is 62.0 Å². The Morgan fingerprint density at radius 1 is 1.38 bits per heavy atom. The van der Waals surface area contributed by atoms with Crippen LogP contribution in [0, 0.1) is 17.0 Å². The molecule has 13 heavy (non-hydrogen) atoms. The molecule has 0 aliphatic rings. The van der Waals surface area contributed by atoms with E-state index in [9.17, 15) is 4.39 Å². The van der Waals surface area contributed by atoms with Gasteiger partial charge in [0.25, 0.3) is 0 Å². The van der Waals surface area contributed by atoms with Gasteiger partial charge in [0.1, 0.15) is 5.82 Å². The van der Waals surface area contributed by atoms with E-state index in [-0.39, 0.29) is 5.82 Å². The van der Waals surface area contributed by atoms with Crippen molar-refractivity contribution < 1.29 is 4.39 Å². The fourth-order valence-electron chi connectivity index (χ4n) is 0.712. The molecule has 1 rings (SSSR count). The van der Waals surface area contributed by atoms with Crippen molar-refractivity contribution in [1.82, 2.24) is 0 Å². The Morgan fingerprint density at radius 2 is 2.08 bits per heavy atom. The first-order chi connectivity index (χ1) is 6.16. The van der Waals surface area contributed by atoms with Crippen molar-refractivity contribution in [2.24, 2.45) is 0 Å². The first kappa shape index (κ1) is 11.8. The van der Waals surface area contributed by atoms with E-state index in [0.717, 1.165) is 4.47 Å². The van der Waals surface area contributed by atoms with Crippen LogP contribution in [0.4, 0.5) is 4.39 Å². The van der Waals surface area contributed by atoms with Gasteiger partial charge in [-0.05, 0) is 64.1 Å². The summed E-state index contributed by atoms with van der Waals surface area (Å²) in [7, 11) is 1.33. The maximum Gasteiger partial charge on any atom is 0.140 e. The summed E-state index contributed by atoms with van der Waals surface area (Å²) in [5.41, 5.74) is 0.388. The molecule has 0 spiro atoms. The normalized spacial score (nSPS) is 9.23. The molecule has 68 valence electrons. The van der Waals surface area contributed by atoms with E-state index in [4.69, 9.17) is 0 Å². The van der Waals surface area contributed by atoms with Crippen LogP contribution in [0.25, 0.3) is 0 Å². The van der Waals surface area contributed by atoms with Crippen molar-refractivity contribution in [3.05, 3.63) is 32.5 Å². The molecule has 0 unspecified atom stereocenters. The zero-order chi connectivity index (χ0) is 9.84. The maximum atomic E-state index is 13.2. The zero-order valence-corrected chi connectivity index (χ0v) is 12.2. The second-order valence-electron chi connectivity index (χ2n) is 2.02. The predicted molar refractivity (Wildman–Crippen MR) is 70.3 cm³/mol. The summed E-state index contributed by atoms with van der Waals surface area (Å²) >= 11 is 8.58. The predicted octanol–water partition coefficient (Wildman–Crippen LogP) is 4.74. The molecule has 1 aromatic rings. The molecule has 0 radical (unpaired) electrons. The van der Waals surface area contributed by atoms with Crippen LogP contribution in [-0.2, 0) is 0 Å². The van der Waals surface area contributed by atoms with Gasteiger partial charge in [-0.1, -0.05) is 0 Å². The summed E-state index contributed by atoms with van der Waals surface area (Å²) in [4.78, 5) is 0. The lowest BCUT2D eigenvalue weighted by Crippen LogP contribution is -1.85. The SMILES string of the molecule is Fc1ccc(Br)c(Br)c1C#CSI. The van der Waals surface area contributed by atoms with Gasteiger partial charge in [-0.15, -0.1) is 0 Å². The van der Waals surface area contributed by atoms with Gasteiger partial charge in [0, 0.05) is 25.7 Å². The van der Waals surface area contributed by atoms with Crippen LogP contribution in [0.3, 0.4) is 0 Å². The largest absolute Gasteiger partial charge is 0.206 e. The van der Waals surface area contributed by atoms with E-state index in [1.807, 2.05) is 21.2 Å². The molecule has 0 saturated heterocycles. The van der Waals surface area contributed by atoms with Crippen LogP contribution in [0.1, 0.15) is 5.56 Å². The van der Waals surface area contributed by atoms with E-state index < -0.39 is 0 Å². The quantitative estimate of drug-likeness (QED) is 0.322.